The first-order chi connectivity index (χ1) is 9.50. The minimum Gasteiger partial charge on any atom is -0.273 e. The quantitative estimate of drug-likeness (QED) is 0.575. The molecule has 0 bridgehead atoms. The van der Waals surface area contributed by atoms with E-state index in [-0.39, 0.29) is 12.3 Å². The van der Waals surface area contributed by atoms with E-state index in [9.17, 15) is 8.42 Å². The van der Waals surface area contributed by atoms with E-state index in [4.69, 9.17) is 0 Å². The van der Waals surface area contributed by atoms with Crippen molar-refractivity contribution < 1.29 is 17.3 Å². The summed E-state index contributed by atoms with van der Waals surface area (Å²) >= 11 is 0. The third-order valence-electron chi connectivity index (χ3n) is 2.65. The van der Waals surface area contributed by atoms with Gasteiger partial charge in [-0.2, -0.15) is 8.42 Å². The molecule has 0 N–H and O–H groups in total. The Morgan fingerprint density at radius 3 is 2.70 bits per heavy atom. The molecule has 20 heavy (non-hydrogen) atoms. The van der Waals surface area contributed by atoms with Crippen LogP contribution in [0.15, 0.2) is 30.9 Å². The molecule has 0 aliphatic rings. The average Bonchev–Trinajstić information content (AvgIpc) is 2.46. The first-order valence-corrected chi connectivity index (χ1v) is 7.51. The summed E-state index contributed by atoms with van der Waals surface area (Å²) in [5, 5.41) is 4.15. The van der Waals surface area contributed by atoms with E-state index >= 15 is 0 Å². The zero-order valence-electron chi connectivity index (χ0n) is 11.2. The van der Waals surface area contributed by atoms with Crippen molar-refractivity contribution in [3.05, 3.63) is 36.5 Å². The molecular weight excluding hydrogens is 280 g/mol. The van der Waals surface area contributed by atoms with Crippen LogP contribution in [0.1, 0.15) is 5.69 Å². The Kier molecular flexibility index (Phi) is 4.35. The van der Waals surface area contributed by atoms with Crippen LogP contribution in [-0.4, -0.2) is 36.3 Å². The third-order valence-corrected chi connectivity index (χ3v) is 3.84. The maximum atomic E-state index is 11.2. The van der Waals surface area contributed by atoms with Gasteiger partial charge in [0.15, 0.2) is 12.7 Å². The largest absolute Gasteiger partial charge is 0.273 e. The monoisotopic (exact) mass is 295 g/mol. The number of hydrogen-bond acceptors (Lipinski definition) is 6. The lowest BCUT2D eigenvalue weighted by atomic mass is 10.2. The van der Waals surface area contributed by atoms with Crippen LogP contribution in [0.4, 0.5) is 0 Å². The topological polar surface area (TPSA) is 85.9 Å². The van der Waals surface area contributed by atoms with Crippen LogP contribution in [0.5, 0.6) is 0 Å². The Morgan fingerprint density at radius 2 is 2.10 bits per heavy atom. The summed E-state index contributed by atoms with van der Waals surface area (Å²) in [5.41, 5.74) is 2.38. The van der Waals surface area contributed by atoms with Gasteiger partial charge in [-0.1, -0.05) is 4.68 Å². The van der Waals surface area contributed by atoms with Gasteiger partial charge in [0.1, 0.15) is 11.9 Å². The van der Waals surface area contributed by atoms with Gasteiger partial charge in [-0.15, -0.1) is 0 Å². The molecule has 2 heterocycles. The molecular formula is C12H15N4O3S+. The molecule has 0 aliphatic heterocycles. The van der Waals surface area contributed by atoms with Crippen LogP contribution >= 0.6 is 0 Å². The van der Waals surface area contributed by atoms with Crippen LogP contribution in [0.2, 0.25) is 0 Å². The molecule has 8 heteroatoms. The molecule has 7 nitrogen and oxygen atoms in total. The Bertz CT molecular complexity index is 686. The minimum absolute atomic E-state index is 0.120. The maximum Gasteiger partial charge on any atom is 0.273 e. The second-order valence-electron chi connectivity index (χ2n) is 4.15. The van der Waals surface area contributed by atoms with Gasteiger partial charge in [0.05, 0.1) is 24.7 Å². The average molecular weight is 295 g/mol. The van der Waals surface area contributed by atoms with E-state index in [0.717, 1.165) is 24.1 Å². The number of aromatic nitrogens is 4. The highest BCUT2D eigenvalue weighted by molar-refractivity contribution is 7.86. The molecule has 2 rings (SSSR count). The number of rotatable bonds is 5. The normalized spacial score (nSPS) is 11.5. The van der Waals surface area contributed by atoms with E-state index in [0.29, 0.717) is 0 Å². The molecule has 0 fully saturated rings. The van der Waals surface area contributed by atoms with E-state index in [1.165, 1.54) is 4.68 Å². The molecule has 0 spiro atoms. The molecule has 0 amide bonds. The fourth-order valence-electron chi connectivity index (χ4n) is 1.56. The molecule has 2 aromatic heterocycles. The van der Waals surface area contributed by atoms with Crippen LogP contribution in [0, 0.1) is 6.92 Å². The van der Waals surface area contributed by atoms with Gasteiger partial charge in [-0.3, -0.25) is 9.17 Å². The lowest BCUT2D eigenvalue weighted by Gasteiger charge is -2.00. The molecule has 0 unspecified atom stereocenters. The molecule has 106 valence electrons. The number of aryl methyl sites for hydroxylation is 2. The van der Waals surface area contributed by atoms with Crippen molar-refractivity contribution >= 4 is 10.1 Å². The first kappa shape index (κ1) is 14.5. The van der Waals surface area contributed by atoms with Crippen molar-refractivity contribution in [2.24, 2.45) is 0 Å². The first-order valence-electron chi connectivity index (χ1n) is 5.93. The Hall–Kier alpha value is -1.93. The summed E-state index contributed by atoms with van der Waals surface area (Å²) < 4.78 is 28.3. The highest BCUT2D eigenvalue weighted by Crippen LogP contribution is 2.12. The van der Waals surface area contributed by atoms with Crippen LogP contribution in [0.25, 0.3) is 11.3 Å². The maximum absolute atomic E-state index is 11.2. The smallest absolute Gasteiger partial charge is 0.273 e. The highest BCUT2D eigenvalue weighted by atomic mass is 32.2. The second kappa shape index (κ2) is 6.02. The lowest BCUT2D eigenvalue weighted by molar-refractivity contribution is -0.750. The van der Waals surface area contributed by atoms with Crippen LogP contribution in [-0.2, 0) is 20.8 Å². The van der Waals surface area contributed by atoms with Crippen molar-refractivity contribution in [2.75, 3.05) is 12.9 Å². The molecule has 0 radical (unpaired) electrons. The number of nitrogens with zero attached hydrogens (tertiary/aromatic N) is 4. The third kappa shape index (κ3) is 3.78. The summed E-state index contributed by atoms with van der Waals surface area (Å²) in [6.07, 6.45) is 6.66. The molecule has 0 aliphatic carbocycles. The van der Waals surface area contributed by atoms with Crippen LogP contribution in [0.3, 0.4) is 0 Å². The minimum atomic E-state index is -3.47. The van der Waals surface area contributed by atoms with Crippen molar-refractivity contribution in [1.29, 1.82) is 0 Å². The highest BCUT2D eigenvalue weighted by Gasteiger charge is 2.14. The van der Waals surface area contributed by atoms with E-state index in [2.05, 4.69) is 19.2 Å². The van der Waals surface area contributed by atoms with E-state index in [1.54, 1.807) is 24.8 Å². The molecule has 0 saturated heterocycles. The van der Waals surface area contributed by atoms with Gasteiger partial charge < -0.3 is 0 Å². The van der Waals surface area contributed by atoms with Gasteiger partial charge in [-0.25, -0.2) is 4.98 Å². The van der Waals surface area contributed by atoms with Gasteiger partial charge >= 0.3 is 0 Å². The van der Waals surface area contributed by atoms with Gasteiger partial charge in [0.2, 0.25) is 0 Å². The fraction of sp³-hybridized carbons (Fsp3) is 0.333. The zero-order chi connectivity index (χ0) is 14.6. The van der Waals surface area contributed by atoms with Gasteiger partial charge in [0.25, 0.3) is 10.1 Å². The van der Waals surface area contributed by atoms with Crippen molar-refractivity contribution in [3.8, 4) is 11.3 Å². The fourth-order valence-corrected chi connectivity index (χ4v) is 2.14. The van der Waals surface area contributed by atoms with Crippen molar-refractivity contribution in [2.45, 2.75) is 13.5 Å². The molecule has 0 saturated carbocycles. The Balaban J connectivity index is 2.11. The van der Waals surface area contributed by atoms with Crippen LogP contribution < -0.4 is 4.68 Å². The molecule has 0 atom stereocenters. The summed E-state index contributed by atoms with van der Waals surface area (Å²) in [4.78, 5) is 8.41. The predicted octanol–water partition coefficient (Wildman–Crippen LogP) is 0.111. The Labute approximate surface area is 117 Å². The summed E-state index contributed by atoms with van der Waals surface area (Å²) in [6, 6.07) is 1.82. The number of hydrogen-bond donors (Lipinski definition) is 0. The van der Waals surface area contributed by atoms with E-state index in [1.807, 2.05) is 13.0 Å². The SMILES string of the molecule is COS(=O)(=O)CC[n+]1ccc(-c2cncc(C)n2)cn1. The molecule has 2 aromatic rings. The van der Waals surface area contributed by atoms with Crippen molar-refractivity contribution in [1.82, 2.24) is 15.1 Å². The van der Waals surface area contributed by atoms with Gasteiger partial charge in [-0.05, 0) is 12.0 Å². The predicted molar refractivity (Wildman–Crippen MR) is 71.0 cm³/mol. The van der Waals surface area contributed by atoms with Gasteiger partial charge in [0, 0.05) is 17.8 Å². The molecule has 0 aromatic carbocycles. The van der Waals surface area contributed by atoms with Crippen molar-refractivity contribution in [3.63, 3.8) is 0 Å². The lowest BCUT2D eigenvalue weighted by Crippen LogP contribution is -2.40. The summed E-state index contributed by atoms with van der Waals surface area (Å²) in [7, 11) is -2.32. The standard InChI is InChI=1S/C12H15N4O3S/c1-10-7-13-9-12(15-10)11-3-4-16(14-8-11)5-6-20(17,18)19-2/h3-4,7-9H,5-6H2,1-2H3/q+1. The Morgan fingerprint density at radius 1 is 1.30 bits per heavy atom. The second-order valence-corrected chi connectivity index (χ2v) is 6.01. The summed E-state index contributed by atoms with van der Waals surface area (Å²) in [6.45, 7) is 2.10. The zero-order valence-corrected chi connectivity index (χ0v) is 12.0. The summed E-state index contributed by atoms with van der Waals surface area (Å²) in [5.74, 6) is -0.120. The van der Waals surface area contributed by atoms with E-state index < -0.39 is 10.1 Å².